The molecule has 1 aliphatic carbocycles. The highest BCUT2D eigenvalue weighted by molar-refractivity contribution is 4.85. The highest BCUT2D eigenvalue weighted by Crippen LogP contribution is 2.35. The van der Waals surface area contributed by atoms with Gasteiger partial charge in [-0.1, -0.05) is 20.3 Å². The average Bonchev–Trinajstić information content (AvgIpc) is 2.26. The van der Waals surface area contributed by atoms with E-state index in [4.69, 9.17) is 10.5 Å². The molecule has 0 spiro atoms. The van der Waals surface area contributed by atoms with E-state index in [9.17, 15) is 0 Å². The van der Waals surface area contributed by atoms with E-state index >= 15 is 0 Å². The first-order chi connectivity index (χ1) is 7.19. The van der Waals surface area contributed by atoms with Crippen molar-refractivity contribution in [3.63, 3.8) is 0 Å². The molecule has 2 nitrogen and oxygen atoms in total. The Bertz CT molecular complexity index is 172. The van der Waals surface area contributed by atoms with Crippen molar-refractivity contribution in [1.29, 1.82) is 0 Å². The summed E-state index contributed by atoms with van der Waals surface area (Å²) in [5.41, 5.74) is 6.23. The number of methoxy groups -OCH3 is 1. The molecular formula is C13H27NO. The van der Waals surface area contributed by atoms with Gasteiger partial charge in [0.2, 0.25) is 0 Å². The number of hydrogen-bond acceptors (Lipinski definition) is 2. The van der Waals surface area contributed by atoms with E-state index in [-0.39, 0.29) is 0 Å². The minimum absolute atomic E-state index is 0.430. The van der Waals surface area contributed by atoms with Crippen LogP contribution in [0.5, 0.6) is 0 Å². The summed E-state index contributed by atoms with van der Waals surface area (Å²) >= 11 is 0. The van der Waals surface area contributed by atoms with Crippen LogP contribution in [0.1, 0.15) is 46.0 Å². The van der Waals surface area contributed by atoms with Gasteiger partial charge in [0, 0.05) is 19.8 Å². The predicted octanol–water partition coefficient (Wildman–Crippen LogP) is 2.81. The van der Waals surface area contributed by atoms with Crippen molar-refractivity contribution in [2.24, 2.45) is 23.5 Å². The zero-order chi connectivity index (χ0) is 11.3. The van der Waals surface area contributed by atoms with Crippen LogP contribution < -0.4 is 5.73 Å². The lowest BCUT2D eigenvalue weighted by molar-refractivity contribution is 0.126. The predicted molar refractivity (Wildman–Crippen MR) is 64.8 cm³/mol. The van der Waals surface area contributed by atoms with Gasteiger partial charge in [-0.3, -0.25) is 0 Å². The lowest BCUT2D eigenvalue weighted by atomic mass is 9.71. The van der Waals surface area contributed by atoms with E-state index in [0.29, 0.717) is 12.0 Å². The highest BCUT2D eigenvalue weighted by Gasteiger charge is 2.30. The maximum atomic E-state index is 6.23. The lowest BCUT2D eigenvalue weighted by Gasteiger charge is -2.37. The molecule has 0 bridgehead atoms. The van der Waals surface area contributed by atoms with Crippen LogP contribution in [0.3, 0.4) is 0 Å². The van der Waals surface area contributed by atoms with Gasteiger partial charge >= 0.3 is 0 Å². The third kappa shape index (κ3) is 3.76. The number of nitrogens with two attached hydrogens (primary N) is 1. The average molecular weight is 213 g/mol. The molecule has 15 heavy (non-hydrogen) atoms. The highest BCUT2D eigenvalue weighted by atomic mass is 16.5. The third-order valence-corrected chi connectivity index (χ3v) is 4.15. The Morgan fingerprint density at radius 3 is 2.73 bits per heavy atom. The Hall–Kier alpha value is -0.0800. The molecule has 2 heteroatoms. The first kappa shape index (κ1) is 13.0. The summed E-state index contributed by atoms with van der Waals surface area (Å²) < 4.78 is 5.15. The summed E-state index contributed by atoms with van der Waals surface area (Å²) in [5, 5.41) is 0. The molecular weight excluding hydrogens is 186 g/mol. The van der Waals surface area contributed by atoms with Crippen LogP contribution in [0, 0.1) is 17.8 Å². The van der Waals surface area contributed by atoms with Gasteiger partial charge in [-0.15, -0.1) is 0 Å². The fraction of sp³-hybridized carbons (Fsp3) is 1.00. The molecule has 0 aromatic heterocycles. The zero-order valence-electron chi connectivity index (χ0n) is 10.5. The van der Waals surface area contributed by atoms with Crippen molar-refractivity contribution in [1.82, 2.24) is 0 Å². The Balaban J connectivity index is 2.42. The molecule has 0 aromatic rings. The molecule has 0 radical (unpaired) electrons. The monoisotopic (exact) mass is 213 g/mol. The number of hydrogen-bond donors (Lipinski definition) is 1. The second-order valence-corrected chi connectivity index (χ2v) is 5.17. The summed E-state index contributed by atoms with van der Waals surface area (Å²) in [5.74, 6) is 2.35. The largest absolute Gasteiger partial charge is 0.385 e. The molecule has 0 aromatic carbocycles. The molecule has 0 saturated heterocycles. The van der Waals surface area contributed by atoms with Gasteiger partial charge < -0.3 is 10.5 Å². The molecule has 1 saturated carbocycles. The van der Waals surface area contributed by atoms with Crippen molar-refractivity contribution < 1.29 is 4.74 Å². The van der Waals surface area contributed by atoms with Crippen molar-refractivity contribution in [2.45, 2.75) is 52.0 Å². The van der Waals surface area contributed by atoms with E-state index in [1.54, 1.807) is 7.11 Å². The van der Waals surface area contributed by atoms with Gasteiger partial charge in [0.15, 0.2) is 0 Å². The molecule has 1 rings (SSSR count). The second-order valence-electron chi connectivity index (χ2n) is 5.17. The molecule has 4 atom stereocenters. The molecule has 0 amide bonds. The summed E-state index contributed by atoms with van der Waals surface area (Å²) in [6.45, 7) is 5.52. The molecule has 90 valence electrons. The Labute approximate surface area is 94.6 Å². The normalized spacial score (nSPS) is 34.0. The van der Waals surface area contributed by atoms with Crippen molar-refractivity contribution >= 4 is 0 Å². The maximum absolute atomic E-state index is 6.23. The zero-order valence-corrected chi connectivity index (χ0v) is 10.5. The minimum Gasteiger partial charge on any atom is -0.385 e. The Kier molecular flexibility index (Phi) is 5.62. The first-order valence-corrected chi connectivity index (χ1v) is 6.43. The van der Waals surface area contributed by atoms with E-state index < -0.39 is 0 Å². The summed E-state index contributed by atoms with van der Waals surface area (Å²) in [6, 6.07) is 0.430. The van der Waals surface area contributed by atoms with Crippen molar-refractivity contribution in [3.05, 3.63) is 0 Å². The molecule has 4 unspecified atom stereocenters. The van der Waals surface area contributed by atoms with Crippen molar-refractivity contribution in [2.75, 3.05) is 13.7 Å². The van der Waals surface area contributed by atoms with Crippen LogP contribution in [-0.2, 0) is 4.74 Å². The number of rotatable bonds is 5. The maximum Gasteiger partial charge on any atom is 0.0464 e. The van der Waals surface area contributed by atoms with Gasteiger partial charge in [-0.05, 0) is 43.4 Å². The van der Waals surface area contributed by atoms with Gasteiger partial charge in [-0.25, -0.2) is 0 Å². The van der Waals surface area contributed by atoms with E-state index in [2.05, 4.69) is 13.8 Å². The topological polar surface area (TPSA) is 35.2 Å². The van der Waals surface area contributed by atoms with E-state index in [1.165, 1.54) is 25.7 Å². The molecule has 1 fully saturated rings. The van der Waals surface area contributed by atoms with Gasteiger partial charge in [-0.2, -0.15) is 0 Å². The fourth-order valence-electron chi connectivity index (χ4n) is 2.86. The SMILES string of the molecule is CCC1CCC(N)C(C(C)CCOC)C1. The van der Waals surface area contributed by atoms with Crippen LogP contribution in [0.2, 0.25) is 0 Å². The smallest absolute Gasteiger partial charge is 0.0464 e. The minimum atomic E-state index is 0.430. The molecule has 1 aliphatic rings. The van der Waals surface area contributed by atoms with Crippen LogP contribution in [0.15, 0.2) is 0 Å². The summed E-state index contributed by atoms with van der Waals surface area (Å²) in [6.07, 6.45) is 6.37. The summed E-state index contributed by atoms with van der Waals surface area (Å²) in [7, 11) is 1.78. The van der Waals surface area contributed by atoms with Crippen LogP contribution in [0.25, 0.3) is 0 Å². The summed E-state index contributed by atoms with van der Waals surface area (Å²) in [4.78, 5) is 0. The van der Waals surface area contributed by atoms with Crippen LogP contribution in [-0.4, -0.2) is 19.8 Å². The van der Waals surface area contributed by atoms with Crippen molar-refractivity contribution in [3.8, 4) is 0 Å². The lowest BCUT2D eigenvalue weighted by Crippen LogP contribution is -2.39. The van der Waals surface area contributed by atoms with Crippen LogP contribution >= 0.6 is 0 Å². The molecule has 0 heterocycles. The second kappa shape index (κ2) is 6.49. The fourth-order valence-corrected chi connectivity index (χ4v) is 2.86. The van der Waals surface area contributed by atoms with E-state index in [1.807, 2.05) is 0 Å². The van der Waals surface area contributed by atoms with E-state index in [0.717, 1.165) is 24.9 Å². The van der Waals surface area contributed by atoms with Gasteiger partial charge in [0.05, 0.1) is 0 Å². The standard InChI is InChI=1S/C13H27NO/c1-4-11-5-6-13(14)12(9-11)10(2)7-8-15-3/h10-13H,4-9,14H2,1-3H3. The third-order valence-electron chi connectivity index (χ3n) is 4.15. The Morgan fingerprint density at radius 1 is 1.40 bits per heavy atom. The quantitative estimate of drug-likeness (QED) is 0.762. The first-order valence-electron chi connectivity index (χ1n) is 6.43. The molecule has 0 aliphatic heterocycles. The number of ether oxygens (including phenoxy) is 1. The van der Waals surface area contributed by atoms with Gasteiger partial charge in [0.25, 0.3) is 0 Å². The van der Waals surface area contributed by atoms with Gasteiger partial charge in [0.1, 0.15) is 0 Å². The molecule has 2 N–H and O–H groups in total. The Morgan fingerprint density at radius 2 is 2.13 bits per heavy atom. The van der Waals surface area contributed by atoms with Crippen LogP contribution in [0.4, 0.5) is 0 Å².